The number of anilines is 1. The van der Waals surface area contributed by atoms with E-state index in [1.807, 2.05) is 0 Å². The van der Waals surface area contributed by atoms with Gasteiger partial charge in [0.05, 0.1) is 23.7 Å². The number of nitrogens with one attached hydrogen (secondary N) is 1. The number of fused-ring (bicyclic) bond motifs is 1. The number of carbonyl (C=O) groups is 2. The monoisotopic (exact) mass is 405 g/mol. The molecule has 0 spiro atoms. The molecule has 2 aromatic rings. The predicted molar refractivity (Wildman–Crippen MR) is 100 cm³/mol. The Kier molecular flexibility index (Phi) is 5.84. The highest BCUT2D eigenvalue weighted by Crippen LogP contribution is 2.32. The Morgan fingerprint density at radius 3 is 2.57 bits per heavy atom. The van der Waals surface area contributed by atoms with Crippen LogP contribution < -0.4 is 14.2 Å². The summed E-state index contributed by atoms with van der Waals surface area (Å²) >= 11 is 0. The molecule has 0 aromatic heterocycles. The summed E-state index contributed by atoms with van der Waals surface area (Å²) in [5, 5.41) is 0. The number of rotatable bonds is 6. The van der Waals surface area contributed by atoms with E-state index in [4.69, 9.17) is 14.2 Å². The molecule has 0 fully saturated rings. The van der Waals surface area contributed by atoms with Crippen molar-refractivity contribution in [2.24, 2.45) is 0 Å². The summed E-state index contributed by atoms with van der Waals surface area (Å²) in [4.78, 5) is 22.9. The fourth-order valence-corrected chi connectivity index (χ4v) is 3.55. The summed E-state index contributed by atoms with van der Waals surface area (Å²) in [5.41, 5.74) is 0.310. The summed E-state index contributed by atoms with van der Waals surface area (Å²) < 4.78 is 43.7. The van der Waals surface area contributed by atoms with Gasteiger partial charge in [-0.05, 0) is 37.3 Å². The first-order valence-electron chi connectivity index (χ1n) is 8.54. The molecule has 0 amide bonds. The van der Waals surface area contributed by atoms with E-state index in [1.165, 1.54) is 43.3 Å². The number of sulfonamides is 1. The van der Waals surface area contributed by atoms with Crippen LogP contribution in [0.3, 0.4) is 0 Å². The lowest BCUT2D eigenvalue weighted by atomic mass is 10.2. The van der Waals surface area contributed by atoms with E-state index in [2.05, 4.69) is 4.72 Å². The number of ether oxygens (including phenoxy) is 3. The van der Waals surface area contributed by atoms with Gasteiger partial charge in [0.2, 0.25) is 0 Å². The van der Waals surface area contributed by atoms with E-state index in [-0.39, 0.29) is 28.5 Å². The van der Waals surface area contributed by atoms with E-state index in [0.717, 1.165) is 0 Å². The summed E-state index contributed by atoms with van der Waals surface area (Å²) in [6.07, 6.45) is 0.710. The molecule has 0 saturated carbocycles. The second kappa shape index (κ2) is 8.30. The highest BCUT2D eigenvalue weighted by Gasteiger charge is 2.19. The van der Waals surface area contributed by atoms with Gasteiger partial charge in [-0.25, -0.2) is 13.2 Å². The van der Waals surface area contributed by atoms with Gasteiger partial charge in [-0.1, -0.05) is 6.07 Å². The maximum absolute atomic E-state index is 12.7. The Hall–Kier alpha value is -3.07. The minimum absolute atomic E-state index is 0.00121. The van der Waals surface area contributed by atoms with E-state index >= 15 is 0 Å². The van der Waals surface area contributed by atoms with Crippen molar-refractivity contribution in [2.45, 2.75) is 18.2 Å². The Bertz CT molecular complexity index is 1000. The van der Waals surface area contributed by atoms with Crippen molar-refractivity contribution < 1.29 is 32.2 Å². The molecule has 1 aliphatic rings. The lowest BCUT2D eigenvalue weighted by Crippen LogP contribution is -2.15. The Labute approximate surface area is 162 Å². The van der Waals surface area contributed by atoms with Crippen LogP contribution in [0.25, 0.3) is 0 Å². The number of hydrogen-bond acceptors (Lipinski definition) is 7. The average molecular weight is 405 g/mol. The zero-order chi connectivity index (χ0) is 20.1. The fourth-order valence-electron chi connectivity index (χ4n) is 2.49. The predicted octanol–water partition coefficient (Wildman–Crippen LogP) is 2.39. The number of hydrogen-bond donors (Lipinski definition) is 1. The van der Waals surface area contributed by atoms with Gasteiger partial charge < -0.3 is 14.2 Å². The molecule has 28 heavy (non-hydrogen) atoms. The molecule has 3 rings (SSSR count). The topological polar surface area (TPSA) is 108 Å². The largest absolute Gasteiger partial charge is 0.490 e. The SMILES string of the molecule is CC(=O)COC(=O)c1cccc(NS(=O)(=O)c2ccc3c(c2)OCCCO3)c1. The third-order valence-corrected chi connectivity index (χ3v) is 5.17. The van der Waals surface area contributed by atoms with Gasteiger partial charge in [-0.3, -0.25) is 9.52 Å². The molecule has 9 heteroatoms. The van der Waals surface area contributed by atoms with Crippen molar-refractivity contribution in [3.63, 3.8) is 0 Å². The molecular weight excluding hydrogens is 386 g/mol. The normalized spacial score (nSPS) is 13.3. The van der Waals surface area contributed by atoms with Crippen LogP contribution in [0.5, 0.6) is 11.5 Å². The molecular formula is C19H19NO7S. The van der Waals surface area contributed by atoms with Crippen LogP contribution in [-0.2, 0) is 19.6 Å². The summed E-state index contributed by atoms with van der Waals surface area (Å²) in [5.74, 6) is -0.153. The maximum Gasteiger partial charge on any atom is 0.338 e. The molecule has 8 nitrogen and oxygen atoms in total. The van der Waals surface area contributed by atoms with E-state index < -0.39 is 16.0 Å². The number of esters is 1. The van der Waals surface area contributed by atoms with Crippen LogP contribution in [0.2, 0.25) is 0 Å². The molecule has 0 bridgehead atoms. The fraction of sp³-hybridized carbons (Fsp3) is 0.263. The van der Waals surface area contributed by atoms with Crippen LogP contribution >= 0.6 is 0 Å². The van der Waals surface area contributed by atoms with Crippen molar-refractivity contribution >= 4 is 27.5 Å². The first-order valence-corrected chi connectivity index (χ1v) is 10.0. The second-order valence-corrected chi connectivity index (χ2v) is 7.81. The summed E-state index contributed by atoms with van der Waals surface area (Å²) in [7, 11) is -3.92. The second-order valence-electron chi connectivity index (χ2n) is 6.12. The molecule has 0 unspecified atom stereocenters. The average Bonchev–Trinajstić information content (AvgIpc) is 2.90. The van der Waals surface area contributed by atoms with Crippen LogP contribution in [0.4, 0.5) is 5.69 Å². The van der Waals surface area contributed by atoms with Gasteiger partial charge in [-0.15, -0.1) is 0 Å². The Morgan fingerprint density at radius 1 is 1.07 bits per heavy atom. The third kappa shape index (κ3) is 4.80. The Morgan fingerprint density at radius 2 is 1.82 bits per heavy atom. The zero-order valence-corrected chi connectivity index (χ0v) is 16.0. The highest BCUT2D eigenvalue weighted by atomic mass is 32.2. The molecule has 0 aliphatic carbocycles. The lowest BCUT2D eigenvalue weighted by molar-refractivity contribution is -0.120. The molecule has 1 heterocycles. The highest BCUT2D eigenvalue weighted by molar-refractivity contribution is 7.92. The van der Waals surface area contributed by atoms with Crippen LogP contribution in [-0.4, -0.2) is 40.0 Å². The van der Waals surface area contributed by atoms with Crippen molar-refractivity contribution in [1.82, 2.24) is 0 Å². The van der Waals surface area contributed by atoms with Crippen LogP contribution in [0.15, 0.2) is 47.4 Å². The number of ketones is 1. The van der Waals surface area contributed by atoms with Crippen molar-refractivity contribution in [2.75, 3.05) is 24.5 Å². The van der Waals surface area contributed by atoms with E-state index in [9.17, 15) is 18.0 Å². The number of benzene rings is 2. The molecule has 1 aliphatic heterocycles. The van der Waals surface area contributed by atoms with Crippen LogP contribution in [0.1, 0.15) is 23.7 Å². The van der Waals surface area contributed by atoms with E-state index in [0.29, 0.717) is 31.1 Å². The molecule has 0 radical (unpaired) electrons. The zero-order valence-electron chi connectivity index (χ0n) is 15.1. The Balaban J connectivity index is 1.79. The first kappa shape index (κ1) is 19.7. The van der Waals surface area contributed by atoms with Crippen LogP contribution in [0, 0.1) is 0 Å². The number of Topliss-reactive ketones (excluding diaryl/α,β-unsaturated/α-hetero) is 1. The van der Waals surface area contributed by atoms with Crippen molar-refractivity contribution in [3.8, 4) is 11.5 Å². The van der Waals surface area contributed by atoms with Gasteiger partial charge in [0.1, 0.15) is 6.61 Å². The third-order valence-electron chi connectivity index (χ3n) is 3.79. The first-order chi connectivity index (χ1) is 13.3. The standard InChI is InChI=1S/C19H19NO7S/c1-13(21)12-27-19(22)14-4-2-5-15(10-14)20-28(23,24)16-6-7-17-18(11-16)26-9-3-8-25-17/h2,4-7,10-11,20H,3,8-9,12H2,1H3. The minimum atomic E-state index is -3.92. The van der Waals surface area contributed by atoms with Gasteiger partial charge >= 0.3 is 5.97 Å². The van der Waals surface area contributed by atoms with Gasteiger partial charge in [0, 0.05) is 18.2 Å². The van der Waals surface area contributed by atoms with Crippen molar-refractivity contribution in [3.05, 3.63) is 48.0 Å². The molecule has 0 saturated heterocycles. The smallest absolute Gasteiger partial charge is 0.338 e. The van der Waals surface area contributed by atoms with Crippen molar-refractivity contribution in [1.29, 1.82) is 0 Å². The van der Waals surface area contributed by atoms with E-state index in [1.54, 1.807) is 6.07 Å². The number of carbonyl (C=O) groups excluding carboxylic acids is 2. The molecule has 2 aromatic carbocycles. The summed E-state index contributed by atoms with van der Waals surface area (Å²) in [6.45, 7) is 1.90. The lowest BCUT2D eigenvalue weighted by Gasteiger charge is -2.12. The molecule has 148 valence electrons. The summed E-state index contributed by atoms with van der Waals surface area (Å²) in [6, 6.07) is 10.2. The molecule has 1 N–H and O–H groups in total. The quantitative estimate of drug-likeness (QED) is 0.735. The van der Waals surface area contributed by atoms with Gasteiger partial charge in [0.25, 0.3) is 10.0 Å². The van der Waals surface area contributed by atoms with Gasteiger partial charge in [0.15, 0.2) is 17.3 Å². The van der Waals surface area contributed by atoms with Gasteiger partial charge in [-0.2, -0.15) is 0 Å². The molecule has 0 atom stereocenters. The minimum Gasteiger partial charge on any atom is -0.490 e. The maximum atomic E-state index is 12.7.